The minimum atomic E-state index is -0.605. The Labute approximate surface area is 196 Å². The van der Waals surface area contributed by atoms with Gasteiger partial charge in [0.1, 0.15) is 5.54 Å². The van der Waals surface area contributed by atoms with Crippen LogP contribution in [0.15, 0.2) is 41.2 Å². The lowest BCUT2D eigenvalue weighted by molar-refractivity contribution is -0.121. The van der Waals surface area contributed by atoms with Crippen LogP contribution in [0.2, 0.25) is 5.02 Å². The highest BCUT2D eigenvalue weighted by Crippen LogP contribution is 2.34. The maximum absolute atomic E-state index is 12.7. The molecule has 0 saturated heterocycles. The predicted molar refractivity (Wildman–Crippen MR) is 123 cm³/mol. The Bertz CT molecular complexity index is 1100. The molecule has 1 fully saturated rings. The van der Waals surface area contributed by atoms with Crippen LogP contribution >= 0.6 is 11.6 Å². The van der Waals surface area contributed by atoms with Crippen molar-refractivity contribution in [2.75, 3.05) is 5.32 Å². The van der Waals surface area contributed by atoms with Crippen LogP contribution < -0.4 is 10.6 Å². The maximum Gasteiger partial charge on any atom is 0.227 e. The van der Waals surface area contributed by atoms with E-state index in [1.54, 1.807) is 41.3 Å². The van der Waals surface area contributed by atoms with E-state index >= 15 is 0 Å². The average molecular weight is 471 g/mol. The molecule has 0 aliphatic heterocycles. The van der Waals surface area contributed by atoms with Crippen LogP contribution in [-0.2, 0) is 21.5 Å². The second-order valence-electron chi connectivity index (χ2n) is 8.35. The molecule has 2 heterocycles. The molecule has 0 unspecified atom stereocenters. The van der Waals surface area contributed by atoms with E-state index < -0.39 is 5.54 Å². The van der Waals surface area contributed by atoms with Gasteiger partial charge in [0.25, 0.3) is 0 Å². The van der Waals surface area contributed by atoms with Gasteiger partial charge < -0.3 is 15.2 Å². The van der Waals surface area contributed by atoms with E-state index in [-0.39, 0.29) is 24.7 Å². The third kappa shape index (κ3) is 5.60. The summed E-state index contributed by atoms with van der Waals surface area (Å²) in [5.74, 6) is 0.534. The molecule has 0 atom stereocenters. The van der Waals surface area contributed by atoms with E-state index in [0.717, 1.165) is 38.5 Å². The molecule has 33 heavy (non-hydrogen) atoms. The van der Waals surface area contributed by atoms with Gasteiger partial charge in [0, 0.05) is 37.2 Å². The fourth-order valence-electron chi connectivity index (χ4n) is 4.28. The van der Waals surface area contributed by atoms with Crippen molar-refractivity contribution < 1.29 is 14.1 Å². The van der Waals surface area contributed by atoms with Crippen LogP contribution in [0.3, 0.4) is 0 Å². The van der Waals surface area contributed by atoms with Crippen LogP contribution in [-0.4, -0.2) is 31.7 Å². The van der Waals surface area contributed by atoms with Crippen molar-refractivity contribution in [1.82, 2.24) is 25.2 Å². The number of benzene rings is 1. The second kappa shape index (κ2) is 10.2. The average Bonchev–Trinajstić information content (AvgIpc) is 3.42. The molecule has 2 aromatic heterocycles. The monoisotopic (exact) mass is 470 g/mol. The van der Waals surface area contributed by atoms with Crippen molar-refractivity contribution in [2.24, 2.45) is 0 Å². The number of nitrogens with one attached hydrogen (secondary N) is 2. The van der Waals surface area contributed by atoms with Gasteiger partial charge >= 0.3 is 0 Å². The number of hydrogen-bond acceptors (Lipinski definition) is 6. The Morgan fingerprint density at radius 2 is 2.00 bits per heavy atom. The number of nitrogens with zero attached hydrogens (tertiary/aromatic N) is 4. The van der Waals surface area contributed by atoms with Crippen molar-refractivity contribution in [3.63, 3.8) is 0 Å². The van der Waals surface area contributed by atoms with Crippen molar-refractivity contribution in [2.45, 2.75) is 63.8 Å². The van der Waals surface area contributed by atoms with E-state index in [0.29, 0.717) is 28.1 Å². The minimum Gasteiger partial charge on any atom is -0.343 e. The minimum absolute atomic E-state index is 0.114. The summed E-state index contributed by atoms with van der Waals surface area (Å²) in [6, 6.07) is 7.02. The van der Waals surface area contributed by atoms with Gasteiger partial charge in [0.15, 0.2) is 5.82 Å². The predicted octanol–water partition coefficient (Wildman–Crippen LogP) is 4.17. The molecule has 0 bridgehead atoms. The van der Waals surface area contributed by atoms with Gasteiger partial charge in [-0.25, -0.2) is 4.68 Å². The SMILES string of the molecule is CC(=O)NC1(c2noc(CCC(=O)Nc3cc(Cl)ccc3-n3cccn3)n2)CCCCCC1. The zero-order chi connectivity index (χ0) is 23.3. The highest BCUT2D eigenvalue weighted by atomic mass is 35.5. The zero-order valence-electron chi connectivity index (χ0n) is 18.5. The molecule has 0 spiro atoms. The summed E-state index contributed by atoms with van der Waals surface area (Å²) in [7, 11) is 0. The molecule has 0 radical (unpaired) electrons. The molecule has 174 valence electrons. The summed E-state index contributed by atoms with van der Waals surface area (Å²) in [5, 5.41) is 14.8. The number of halogens is 1. The molecule has 2 N–H and O–H groups in total. The molecular weight excluding hydrogens is 444 g/mol. The van der Waals surface area contributed by atoms with Gasteiger partial charge in [-0.3, -0.25) is 9.59 Å². The van der Waals surface area contributed by atoms with E-state index in [1.807, 2.05) is 0 Å². The summed E-state index contributed by atoms with van der Waals surface area (Å²) in [6.07, 6.45) is 9.66. The van der Waals surface area contributed by atoms with Crippen LogP contribution in [0.25, 0.3) is 5.69 Å². The first-order chi connectivity index (χ1) is 15.9. The molecule has 2 amide bonds. The number of aromatic nitrogens is 4. The molecular formula is C23H27ClN6O3. The summed E-state index contributed by atoms with van der Waals surface area (Å²) < 4.78 is 7.10. The largest absolute Gasteiger partial charge is 0.343 e. The van der Waals surface area contributed by atoms with Gasteiger partial charge in [-0.2, -0.15) is 10.1 Å². The van der Waals surface area contributed by atoms with E-state index in [1.165, 1.54) is 6.92 Å². The second-order valence-corrected chi connectivity index (χ2v) is 8.79. The number of carbonyl (C=O) groups excluding carboxylic acids is 2. The smallest absolute Gasteiger partial charge is 0.227 e. The number of rotatable bonds is 7. The first-order valence-electron chi connectivity index (χ1n) is 11.2. The Hall–Kier alpha value is -3.20. The summed E-state index contributed by atoms with van der Waals surface area (Å²) >= 11 is 6.13. The molecule has 9 nitrogen and oxygen atoms in total. The van der Waals surface area contributed by atoms with Gasteiger partial charge in [0.2, 0.25) is 17.7 Å². The lowest BCUT2D eigenvalue weighted by Crippen LogP contribution is -2.45. The first-order valence-corrected chi connectivity index (χ1v) is 11.5. The molecule has 10 heteroatoms. The Morgan fingerprint density at radius 1 is 1.21 bits per heavy atom. The van der Waals surface area contributed by atoms with Crippen LogP contribution in [0, 0.1) is 0 Å². The molecule has 1 aliphatic carbocycles. The van der Waals surface area contributed by atoms with Crippen LogP contribution in [0.5, 0.6) is 0 Å². The summed E-state index contributed by atoms with van der Waals surface area (Å²) in [6.45, 7) is 1.51. The Kier molecular flexibility index (Phi) is 7.08. The van der Waals surface area contributed by atoms with Gasteiger partial charge in [-0.05, 0) is 37.1 Å². The van der Waals surface area contributed by atoms with Crippen molar-refractivity contribution in [3.05, 3.63) is 53.4 Å². The third-order valence-corrected chi connectivity index (χ3v) is 6.05. The molecule has 4 rings (SSSR count). The number of carbonyl (C=O) groups is 2. The molecule has 1 aliphatic rings. The highest BCUT2D eigenvalue weighted by molar-refractivity contribution is 6.31. The van der Waals surface area contributed by atoms with Gasteiger partial charge in [-0.15, -0.1) is 0 Å². The maximum atomic E-state index is 12.7. The zero-order valence-corrected chi connectivity index (χ0v) is 19.3. The summed E-state index contributed by atoms with van der Waals surface area (Å²) in [5.41, 5.74) is 0.667. The quantitative estimate of drug-likeness (QED) is 0.501. The molecule has 1 saturated carbocycles. The van der Waals surface area contributed by atoms with Crippen LogP contribution in [0.4, 0.5) is 5.69 Å². The van der Waals surface area contributed by atoms with E-state index in [4.69, 9.17) is 16.1 Å². The lowest BCUT2D eigenvalue weighted by atomic mass is 9.89. The van der Waals surface area contributed by atoms with Gasteiger partial charge in [0.05, 0.1) is 11.4 Å². The normalized spacial score (nSPS) is 15.6. The topological polar surface area (TPSA) is 115 Å². The van der Waals surface area contributed by atoms with Crippen molar-refractivity contribution in [1.29, 1.82) is 0 Å². The Balaban J connectivity index is 1.43. The number of hydrogen-bond donors (Lipinski definition) is 2. The highest BCUT2D eigenvalue weighted by Gasteiger charge is 2.38. The fraction of sp³-hybridized carbons (Fsp3) is 0.435. The first kappa shape index (κ1) is 23.0. The fourth-order valence-corrected chi connectivity index (χ4v) is 4.45. The molecule has 3 aromatic rings. The Morgan fingerprint density at radius 3 is 2.70 bits per heavy atom. The van der Waals surface area contributed by atoms with Crippen molar-refractivity contribution in [3.8, 4) is 5.69 Å². The van der Waals surface area contributed by atoms with E-state index in [9.17, 15) is 9.59 Å². The number of aryl methyl sites for hydroxylation is 1. The standard InChI is InChI=1S/C23H27ClN6O3/c1-16(31)28-23(11-4-2-3-5-12-23)22-27-21(33-29-22)10-9-20(32)26-18-15-17(24)7-8-19(18)30-14-6-13-25-30/h6-8,13-15H,2-5,9-12H2,1H3,(H,26,32)(H,28,31). The van der Waals surface area contributed by atoms with Crippen molar-refractivity contribution >= 4 is 29.1 Å². The van der Waals surface area contributed by atoms with Crippen LogP contribution in [0.1, 0.15) is 63.6 Å². The number of anilines is 1. The number of amides is 2. The summed E-state index contributed by atoms with van der Waals surface area (Å²) in [4.78, 5) is 29.1. The third-order valence-electron chi connectivity index (χ3n) is 5.82. The lowest BCUT2D eigenvalue weighted by Gasteiger charge is -2.30. The van der Waals surface area contributed by atoms with Gasteiger partial charge in [-0.1, -0.05) is 42.4 Å². The van der Waals surface area contributed by atoms with E-state index in [2.05, 4.69) is 25.9 Å². The molecule has 1 aromatic carbocycles.